The van der Waals surface area contributed by atoms with Crippen molar-refractivity contribution >= 4 is 17.9 Å². The van der Waals surface area contributed by atoms with E-state index in [-0.39, 0.29) is 37.5 Å². The van der Waals surface area contributed by atoms with Crippen LogP contribution in [0.1, 0.15) is 213 Å². The largest absolute Gasteiger partial charge is 0.462 e. The predicted octanol–water partition coefficient (Wildman–Crippen LogP) is 17.3. The number of ether oxygens (including phenoxy) is 3. The average molecular weight is 899 g/mol. The summed E-state index contributed by atoms with van der Waals surface area (Å²) in [5.74, 6) is -1.01. The van der Waals surface area contributed by atoms with Crippen molar-refractivity contribution in [3.8, 4) is 0 Å². The lowest BCUT2D eigenvalue weighted by atomic mass is 10.1. The van der Waals surface area contributed by atoms with Crippen molar-refractivity contribution in [1.82, 2.24) is 0 Å². The number of carbonyl (C=O) groups excluding carboxylic acids is 3. The molecular formula is C59H94O6. The van der Waals surface area contributed by atoms with Crippen LogP contribution < -0.4 is 0 Å². The first-order valence-corrected chi connectivity index (χ1v) is 26.2. The summed E-state index contributed by atoms with van der Waals surface area (Å²) in [5.41, 5.74) is 0. The van der Waals surface area contributed by atoms with Gasteiger partial charge in [-0.15, -0.1) is 0 Å². The molecule has 0 aliphatic rings. The van der Waals surface area contributed by atoms with Gasteiger partial charge in [0.1, 0.15) is 13.2 Å². The van der Waals surface area contributed by atoms with Crippen LogP contribution in [-0.2, 0) is 28.6 Å². The van der Waals surface area contributed by atoms with E-state index in [4.69, 9.17) is 14.2 Å². The lowest BCUT2D eigenvalue weighted by molar-refractivity contribution is -0.167. The number of unbranched alkanes of at least 4 members (excludes halogenated alkanes) is 21. The van der Waals surface area contributed by atoms with Crippen LogP contribution in [0.2, 0.25) is 0 Å². The Morgan fingerprint density at radius 2 is 0.615 bits per heavy atom. The smallest absolute Gasteiger partial charge is 0.306 e. The van der Waals surface area contributed by atoms with Crippen LogP contribution in [0, 0.1) is 0 Å². The highest BCUT2D eigenvalue weighted by atomic mass is 16.6. The molecule has 0 spiro atoms. The highest BCUT2D eigenvalue weighted by Crippen LogP contribution is 2.14. The van der Waals surface area contributed by atoms with Gasteiger partial charge in [-0.25, -0.2) is 0 Å². The van der Waals surface area contributed by atoms with Crippen LogP contribution in [0.3, 0.4) is 0 Å². The van der Waals surface area contributed by atoms with E-state index < -0.39 is 6.10 Å². The van der Waals surface area contributed by atoms with Crippen LogP contribution in [0.4, 0.5) is 0 Å². The van der Waals surface area contributed by atoms with Crippen LogP contribution in [0.15, 0.2) is 122 Å². The van der Waals surface area contributed by atoms with Gasteiger partial charge in [0, 0.05) is 19.3 Å². The molecule has 0 heterocycles. The van der Waals surface area contributed by atoms with Crippen molar-refractivity contribution in [3.05, 3.63) is 122 Å². The molecule has 0 fully saturated rings. The van der Waals surface area contributed by atoms with E-state index in [1.54, 1.807) is 0 Å². The lowest BCUT2D eigenvalue weighted by Gasteiger charge is -2.18. The van der Waals surface area contributed by atoms with E-state index in [9.17, 15) is 14.4 Å². The van der Waals surface area contributed by atoms with Crippen LogP contribution >= 0.6 is 0 Å². The van der Waals surface area contributed by atoms with Crippen molar-refractivity contribution in [2.75, 3.05) is 13.2 Å². The maximum absolute atomic E-state index is 12.8. The molecule has 0 bridgehead atoms. The number of hydrogen-bond acceptors (Lipinski definition) is 6. The molecule has 0 aromatic rings. The summed E-state index contributed by atoms with van der Waals surface area (Å²) in [4.78, 5) is 38.0. The second-order valence-electron chi connectivity index (χ2n) is 16.9. The van der Waals surface area contributed by atoms with Crippen LogP contribution in [0.25, 0.3) is 0 Å². The predicted molar refractivity (Wildman–Crippen MR) is 279 cm³/mol. The normalized spacial score (nSPS) is 13.1. The molecule has 0 saturated carbocycles. The van der Waals surface area contributed by atoms with E-state index in [2.05, 4.69) is 87.6 Å². The molecule has 366 valence electrons. The fraction of sp³-hybridized carbons (Fsp3) is 0.610. The molecule has 6 heteroatoms. The van der Waals surface area contributed by atoms with E-state index >= 15 is 0 Å². The zero-order chi connectivity index (χ0) is 47.2. The standard InChI is InChI=1S/C59H94O6/c1-4-7-10-13-16-19-22-25-27-28-29-30-32-34-37-40-43-46-49-52-58(61)64-55-56(54-63-57(60)51-48-45-42-39-36-33-24-21-18-15-12-9-6-3)65-59(62)53-50-47-44-41-38-35-31-26-23-20-17-14-11-8-5-2/h8-9,11-12,14-25,33,36,39,42,56H,4-7,10,13,26-32,34-35,37-38,40-41,43-55H2,1-3H3/b11-8+,12-9+,17-14+,18-15+,19-16+,23-20+,24-21+,25-22+,36-33+,42-39+. The second-order valence-corrected chi connectivity index (χ2v) is 16.9. The van der Waals surface area contributed by atoms with Gasteiger partial charge in [0.2, 0.25) is 0 Å². The maximum Gasteiger partial charge on any atom is 0.306 e. The third kappa shape index (κ3) is 50.7. The molecule has 6 nitrogen and oxygen atoms in total. The number of allylic oxidation sites excluding steroid dienone is 20. The molecule has 0 aliphatic heterocycles. The molecule has 0 rings (SSSR count). The average Bonchev–Trinajstić information content (AvgIpc) is 3.30. The summed E-state index contributed by atoms with van der Waals surface area (Å²) >= 11 is 0. The number of hydrogen-bond donors (Lipinski definition) is 0. The van der Waals surface area contributed by atoms with Gasteiger partial charge in [-0.05, 0) is 77.0 Å². The maximum atomic E-state index is 12.8. The summed E-state index contributed by atoms with van der Waals surface area (Å²) < 4.78 is 16.7. The Morgan fingerprint density at radius 1 is 0.323 bits per heavy atom. The minimum atomic E-state index is -0.818. The van der Waals surface area contributed by atoms with Gasteiger partial charge >= 0.3 is 17.9 Å². The molecule has 0 N–H and O–H groups in total. The van der Waals surface area contributed by atoms with E-state index in [1.807, 2.05) is 54.7 Å². The topological polar surface area (TPSA) is 78.9 Å². The van der Waals surface area contributed by atoms with Crippen molar-refractivity contribution in [1.29, 1.82) is 0 Å². The number of carbonyl (C=O) groups is 3. The second kappa shape index (κ2) is 52.4. The Labute approximate surface area is 399 Å². The van der Waals surface area contributed by atoms with Gasteiger partial charge < -0.3 is 14.2 Å². The SMILES string of the molecule is CC/C=C/C=C/C=C/C=C/C=C/CCCC(=O)OCC(COC(=O)CCCCCCCCCCCC/C=C/C=C/CCCCC)OC(=O)CCCCCCCCC/C=C/C=C/C=C/CC. The molecule has 0 aromatic carbocycles. The Kier molecular flexibility index (Phi) is 49.1. The quantitative estimate of drug-likeness (QED) is 0.0262. The van der Waals surface area contributed by atoms with E-state index in [0.717, 1.165) is 70.6 Å². The van der Waals surface area contributed by atoms with Crippen LogP contribution in [0.5, 0.6) is 0 Å². The molecule has 0 amide bonds. The van der Waals surface area contributed by atoms with Gasteiger partial charge in [-0.3, -0.25) is 14.4 Å². The van der Waals surface area contributed by atoms with Gasteiger partial charge in [0.05, 0.1) is 0 Å². The Balaban J connectivity index is 4.48. The van der Waals surface area contributed by atoms with Crippen LogP contribution in [-0.4, -0.2) is 37.2 Å². The summed E-state index contributed by atoms with van der Waals surface area (Å²) in [7, 11) is 0. The lowest BCUT2D eigenvalue weighted by Crippen LogP contribution is -2.30. The fourth-order valence-corrected chi connectivity index (χ4v) is 6.76. The molecule has 0 saturated heterocycles. The van der Waals surface area contributed by atoms with Gasteiger partial charge in [-0.1, -0.05) is 239 Å². The molecular weight excluding hydrogens is 805 g/mol. The molecule has 1 atom stereocenters. The first-order valence-electron chi connectivity index (χ1n) is 26.2. The van der Waals surface area contributed by atoms with Gasteiger partial charge in [0.15, 0.2) is 6.10 Å². The molecule has 1 unspecified atom stereocenters. The molecule has 0 aliphatic carbocycles. The van der Waals surface area contributed by atoms with Crippen molar-refractivity contribution in [3.63, 3.8) is 0 Å². The minimum Gasteiger partial charge on any atom is -0.462 e. The zero-order valence-electron chi connectivity index (χ0n) is 41.7. The fourth-order valence-electron chi connectivity index (χ4n) is 6.76. The molecule has 65 heavy (non-hydrogen) atoms. The summed E-state index contributed by atoms with van der Waals surface area (Å²) in [6.45, 7) is 6.25. The first-order chi connectivity index (χ1) is 32.0. The first kappa shape index (κ1) is 60.8. The summed E-state index contributed by atoms with van der Waals surface area (Å²) in [6.07, 6.45) is 71.9. The molecule has 0 radical (unpaired) electrons. The third-order valence-corrected chi connectivity index (χ3v) is 10.6. The Bertz CT molecular complexity index is 1400. The zero-order valence-corrected chi connectivity index (χ0v) is 41.7. The van der Waals surface area contributed by atoms with Crippen molar-refractivity contribution in [2.45, 2.75) is 219 Å². The van der Waals surface area contributed by atoms with Gasteiger partial charge in [-0.2, -0.15) is 0 Å². The van der Waals surface area contributed by atoms with E-state index in [0.29, 0.717) is 19.3 Å². The van der Waals surface area contributed by atoms with Crippen molar-refractivity contribution in [2.24, 2.45) is 0 Å². The monoisotopic (exact) mass is 899 g/mol. The Hall–Kier alpha value is -4.19. The number of esters is 3. The Morgan fingerprint density at radius 3 is 1.02 bits per heavy atom. The highest BCUT2D eigenvalue weighted by Gasteiger charge is 2.19. The van der Waals surface area contributed by atoms with Gasteiger partial charge in [0.25, 0.3) is 0 Å². The number of rotatable bonds is 45. The highest BCUT2D eigenvalue weighted by molar-refractivity contribution is 5.71. The minimum absolute atomic E-state index is 0.111. The summed E-state index contributed by atoms with van der Waals surface area (Å²) in [5, 5.41) is 0. The van der Waals surface area contributed by atoms with Crippen molar-refractivity contribution < 1.29 is 28.6 Å². The third-order valence-electron chi connectivity index (χ3n) is 10.6. The molecule has 0 aromatic heterocycles. The van der Waals surface area contributed by atoms with E-state index in [1.165, 1.54) is 96.3 Å². The summed E-state index contributed by atoms with van der Waals surface area (Å²) in [6, 6.07) is 0.